The molecule has 2 aromatic carbocycles. The first-order valence-electron chi connectivity index (χ1n) is 12.3. The Hall–Kier alpha value is -4.52. The fourth-order valence-corrected chi connectivity index (χ4v) is 3.57. The number of nitrogens with two attached hydrogens (primary N) is 1. The van der Waals surface area contributed by atoms with Crippen LogP contribution >= 0.6 is 0 Å². The van der Waals surface area contributed by atoms with Gasteiger partial charge in [0.15, 0.2) is 0 Å². The van der Waals surface area contributed by atoms with Crippen molar-refractivity contribution in [3.05, 3.63) is 59.0 Å². The number of nitroso groups, excluding NO2 is 1. The molecule has 0 aliphatic rings. The van der Waals surface area contributed by atoms with E-state index in [1.165, 1.54) is 24.3 Å². The molecular weight excluding hydrogens is 508 g/mol. The fourth-order valence-electron chi connectivity index (χ4n) is 3.57. The lowest BCUT2D eigenvalue weighted by molar-refractivity contribution is -0.128. The maximum atomic E-state index is 13.0. The molecule has 39 heavy (non-hydrogen) atoms. The Kier molecular flexibility index (Phi) is 12.3. The van der Waals surface area contributed by atoms with E-state index in [1.54, 1.807) is 31.3 Å². The van der Waals surface area contributed by atoms with Crippen LogP contribution in [0.1, 0.15) is 32.3 Å². The van der Waals surface area contributed by atoms with Crippen molar-refractivity contribution in [1.29, 1.82) is 0 Å². The number of carbonyl (C=O) groups is 4. The molecule has 13 heteroatoms. The van der Waals surface area contributed by atoms with Crippen molar-refractivity contribution < 1.29 is 28.7 Å². The quantitative estimate of drug-likeness (QED) is 0.104. The lowest BCUT2D eigenvalue weighted by Gasteiger charge is -2.24. The van der Waals surface area contributed by atoms with Crippen LogP contribution in [-0.2, 0) is 20.9 Å². The normalized spacial score (nSPS) is 12.1. The van der Waals surface area contributed by atoms with Gasteiger partial charge in [-0.1, -0.05) is 26.0 Å². The largest absolute Gasteiger partial charge is 0.514 e. The third kappa shape index (κ3) is 10.8. The van der Waals surface area contributed by atoms with Gasteiger partial charge < -0.3 is 36.5 Å². The Bertz CT molecular complexity index is 1120. The predicted molar refractivity (Wildman–Crippen MR) is 144 cm³/mol. The van der Waals surface area contributed by atoms with E-state index in [4.69, 9.17) is 15.2 Å². The minimum Gasteiger partial charge on any atom is -0.429 e. The van der Waals surface area contributed by atoms with Gasteiger partial charge in [-0.3, -0.25) is 9.59 Å². The van der Waals surface area contributed by atoms with E-state index in [0.717, 1.165) is 0 Å². The minimum absolute atomic E-state index is 0.00240. The van der Waals surface area contributed by atoms with Gasteiger partial charge in [0, 0.05) is 12.2 Å². The summed E-state index contributed by atoms with van der Waals surface area (Å²) in [5.41, 5.74) is 6.40. The molecule has 13 nitrogen and oxygen atoms in total. The molecule has 0 radical (unpaired) electrons. The highest BCUT2D eigenvalue weighted by Crippen LogP contribution is 2.18. The van der Waals surface area contributed by atoms with Crippen LogP contribution in [0.2, 0.25) is 0 Å². The molecule has 2 aromatic rings. The summed E-state index contributed by atoms with van der Waals surface area (Å²) >= 11 is 0. The average molecular weight is 543 g/mol. The summed E-state index contributed by atoms with van der Waals surface area (Å²) in [4.78, 5) is 59.0. The molecule has 0 saturated heterocycles. The van der Waals surface area contributed by atoms with E-state index in [9.17, 15) is 24.1 Å². The highest BCUT2D eigenvalue weighted by Gasteiger charge is 2.26. The third-order valence-electron chi connectivity index (χ3n) is 5.58. The van der Waals surface area contributed by atoms with Gasteiger partial charge in [-0.25, -0.2) is 9.59 Å². The van der Waals surface area contributed by atoms with Crippen LogP contribution in [0.15, 0.2) is 53.7 Å². The van der Waals surface area contributed by atoms with Gasteiger partial charge in [0.25, 0.3) is 0 Å². The Morgan fingerprint density at radius 2 is 1.64 bits per heavy atom. The molecule has 0 saturated carbocycles. The van der Waals surface area contributed by atoms with Crippen molar-refractivity contribution in [3.8, 4) is 5.75 Å². The monoisotopic (exact) mass is 542 g/mol. The third-order valence-corrected chi connectivity index (χ3v) is 5.58. The molecule has 0 aromatic heterocycles. The number of likely N-dealkylation sites (N-methyl/N-ethyl adjacent to an activating group) is 1. The Morgan fingerprint density at radius 3 is 2.21 bits per heavy atom. The summed E-state index contributed by atoms with van der Waals surface area (Å²) in [5.74, 6) is -0.537. The number of carbonyl (C=O) groups excluding carboxylic acids is 4. The van der Waals surface area contributed by atoms with Crippen molar-refractivity contribution in [1.82, 2.24) is 16.0 Å². The maximum absolute atomic E-state index is 13.0. The first-order valence-corrected chi connectivity index (χ1v) is 12.3. The van der Waals surface area contributed by atoms with Crippen LogP contribution in [-0.4, -0.2) is 49.7 Å². The first-order chi connectivity index (χ1) is 18.6. The number of nitrogens with one attached hydrogen (secondary N) is 4. The molecule has 0 aliphatic carbocycles. The van der Waals surface area contributed by atoms with Crippen molar-refractivity contribution in [2.75, 3.05) is 18.9 Å². The summed E-state index contributed by atoms with van der Waals surface area (Å²) in [6.07, 6.45) is -0.239. The molecule has 210 valence electrons. The number of hydrogen-bond acceptors (Lipinski definition) is 9. The van der Waals surface area contributed by atoms with Gasteiger partial charge in [0.2, 0.25) is 11.8 Å². The van der Waals surface area contributed by atoms with Gasteiger partial charge in [-0.2, -0.15) is 0 Å². The maximum Gasteiger partial charge on any atom is 0.514 e. The van der Waals surface area contributed by atoms with Crippen molar-refractivity contribution in [2.24, 2.45) is 16.8 Å². The van der Waals surface area contributed by atoms with E-state index in [0.29, 0.717) is 17.7 Å². The molecule has 1 unspecified atom stereocenters. The Balaban J connectivity index is 1.94. The van der Waals surface area contributed by atoms with E-state index < -0.39 is 30.2 Å². The summed E-state index contributed by atoms with van der Waals surface area (Å²) in [5, 5.41) is 13.7. The van der Waals surface area contributed by atoms with E-state index >= 15 is 0 Å². The number of urea groups is 1. The molecule has 0 spiro atoms. The molecule has 2 rings (SSSR count). The number of primary amides is 1. The van der Waals surface area contributed by atoms with Crippen molar-refractivity contribution >= 4 is 35.4 Å². The second-order valence-electron chi connectivity index (χ2n) is 8.92. The van der Waals surface area contributed by atoms with Gasteiger partial charge in [-0.15, -0.1) is 4.91 Å². The highest BCUT2D eigenvalue weighted by atomic mass is 16.7. The molecule has 0 fully saturated rings. The van der Waals surface area contributed by atoms with E-state index in [2.05, 4.69) is 26.4 Å². The van der Waals surface area contributed by atoms with Crippen LogP contribution in [0.3, 0.4) is 0 Å². The predicted octanol–water partition coefficient (Wildman–Crippen LogP) is 2.92. The molecule has 6 N–H and O–H groups in total. The number of rotatable bonds is 14. The smallest absolute Gasteiger partial charge is 0.429 e. The van der Waals surface area contributed by atoms with Crippen LogP contribution in [0.4, 0.5) is 21.0 Å². The lowest BCUT2D eigenvalue weighted by atomic mass is 10.0. The number of amides is 4. The van der Waals surface area contributed by atoms with Crippen LogP contribution in [0.25, 0.3) is 0 Å². The van der Waals surface area contributed by atoms with Gasteiger partial charge in [-0.05, 0) is 72.9 Å². The number of nitrogens with zero attached hydrogens (tertiary/aromatic N) is 1. The van der Waals surface area contributed by atoms with Crippen molar-refractivity contribution in [3.63, 3.8) is 0 Å². The van der Waals surface area contributed by atoms with Crippen LogP contribution in [0.5, 0.6) is 5.75 Å². The summed E-state index contributed by atoms with van der Waals surface area (Å²) < 4.78 is 10.1. The number of ether oxygens (including phenoxy) is 2. The molecule has 0 heterocycles. The molecule has 0 aliphatic heterocycles. The fraction of sp³-hybridized carbons (Fsp3) is 0.385. The number of benzene rings is 2. The first kappa shape index (κ1) is 30.7. The second-order valence-corrected chi connectivity index (χ2v) is 8.92. The molecule has 0 bridgehead atoms. The van der Waals surface area contributed by atoms with Crippen molar-refractivity contribution in [2.45, 2.75) is 45.4 Å². The van der Waals surface area contributed by atoms with Gasteiger partial charge in [0.1, 0.15) is 24.1 Å². The average Bonchev–Trinajstić information content (AvgIpc) is 2.90. The highest BCUT2D eigenvalue weighted by molar-refractivity contribution is 5.97. The second kappa shape index (κ2) is 15.7. The van der Waals surface area contributed by atoms with Gasteiger partial charge in [0.05, 0.1) is 6.04 Å². The molecule has 2 atom stereocenters. The number of anilines is 1. The summed E-state index contributed by atoms with van der Waals surface area (Å²) in [6, 6.07) is 10.2. The zero-order chi connectivity index (χ0) is 28.8. The summed E-state index contributed by atoms with van der Waals surface area (Å²) in [7, 11) is 1.67. The molecular formula is C26H34N6O7. The summed E-state index contributed by atoms with van der Waals surface area (Å²) in [6.45, 7) is 3.96. The van der Waals surface area contributed by atoms with Crippen LogP contribution in [0, 0.1) is 10.8 Å². The Morgan fingerprint density at radius 1 is 0.974 bits per heavy atom. The minimum atomic E-state index is -0.926. The topological polar surface area (TPSA) is 190 Å². The van der Waals surface area contributed by atoms with E-state index in [1.807, 2.05) is 13.8 Å². The SMILES string of the molecule is CN[C@H](C(=O)NC(CCCNC(N)=O)C(=O)Nc1ccc(COC(=O)Oc2ccc(N=O)cc2)cc1)C(C)C. The van der Waals surface area contributed by atoms with E-state index in [-0.39, 0.29) is 42.8 Å². The number of hydrogen-bond donors (Lipinski definition) is 5. The van der Waals surface area contributed by atoms with Crippen LogP contribution < -0.4 is 31.7 Å². The molecule has 4 amide bonds. The zero-order valence-electron chi connectivity index (χ0n) is 22.1. The lowest BCUT2D eigenvalue weighted by Crippen LogP contribution is -2.52. The zero-order valence-corrected chi connectivity index (χ0v) is 22.1. The Labute approximate surface area is 226 Å². The van der Waals surface area contributed by atoms with Gasteiger partial charge >= 0.3 is 12.2 Å². The standard InChI is InChI=1S/C26H34N6O7/c1-16(2)22(28-3)24(34)31-21(5-4-14-29-25(27)35)23(33)30-18-8-6-17(7-9-18)15-38-26(36)39-20-12-10-19(32-37)11-13-20/h6-13,16,21-22,28H,4-5,14-15H2,1-3H3,(H,30,33)(H,31,34)(H3,27,29,35)/t21?,22-/m0/s1.